The smallest absolute Gasteiger partial charge is 0.388 e. The van der Waals surface area contributed by atoms with Crippen LogP contribution in [0, 0.1) is 0 Å². The van der Waals surface area contributed by atoms with E-state index in [2.05, 4.69) is 5.32 Å². The predicted octanol–water partition coefficient (Wildman–Crippen LogP) is 3.53. The molecular weight excluding hydrogens is 407 g/mol. The molecule has 0 fully saturated rings. The summed E-state index contributed by atoms with van der Waals surface area (Å²) in [4.78, 5) is 28.5. The van der Waals surface area contributed by atoms with Crippen LogP contribution in [0.5, 0.6) is 0 Å². The summed E-state index contributed by atoms with van der Waals surface area (Å²) in [6.45, 7) is 0.709. The van der Waals surface area contributed by atoms with Crippen molar-refractivity contribution in [3.05, 3.63) is 53.0 Å². The van der Waals surface area contributed by atoms with Gasteiger partial charge in [-0.3, -0.25) is 14.5 Å². The Kier molecular flexibility index (Phi) is 5.94. The number of amides is 2. The third-order valence-electron chi connectivity index (χ3n) is 4.30. The van der Waals surface area contributed by atoms with Crippen molar-refractivity contribution in [1.29, 1.82) is 0 Å². The summed E-state index contributed by atoms with van der Waals surface area (Å²) in [6.07, 6.45) is -3.31. The molecule has 1 aromatic carbocycles. The van der Waals surface area contributed by atoms with Gasteiger partial charge in [0.1, 0.15) is 10.6 Å². The third-order valence-corrected chi connectivity index (χ3v) is 5.15. The van der Waals surface area contributed by atoms with Gasteiger partial charge in [-0.25, -0.2) is 0 Å². The molecular formula is C19H18F3N3O3S. The molecule has 2 amide bonds. The second kappa shape index (κ2) is 8.26. The highest BCUT2D eigenvalue weighted by molar-refractivity contribution is 7.14. The van der Waals surface area contributed by atoms with Gasteiger partial charge in [-0.1, -0.05) is 0 Å². The van der Waals surface area contributed by atoms with Crippen LogP contribution in [-0.2, 0) is 20.5 Å². The van der Waals surface area contributed by atoms with Crippen LogP contribution in [-0.4, -0.2) is 39.1 Å². The fourth-order valence-corrected chi connectivity index (χ4v) is 3.59. The zero-order valence-corrected chi connectivity index (χ0v) is 16.4. The van der Waals surface area contributed by atoms with E-state index in [1.54, 1.807) is 17.5 Å². The minimum absolute atomic E-state index is 0.0107. The first-order valence-corrected chi connectivity index (χ1v) is 9.43. The Morgan fingerprint density at radius 1 is 1.17 bits per heavy atom. The van der Waals surface area contributed by atoms with Crippen molar-refractivity contribution >= 4 is 39.5 Å². The number of methoxy groups -OCH3 is 1. The molecule has 1 aliphatic heterocycles. The second-order valence-electron chi connectivity index (χ2n) is 6.16. The molecule has 0 aliphatic carbocycles. The molecule has 2 heterocycles. The maximum atomic E-state index is 13.3. The first kappa shape index (κ1) is 20.9. The van der Waals surface area contributed by atoms with Crippen molar-refractivity contribution < 1.29 is 27.5 Å². The molecule has 0 radical (unpaired) electrons. The van der Waals surface area contributed by atoms with Crippen molar-refractivity contribution in [3.63, 3.8) is 0 Å². The molecule has 0 bridgehead atoms. The topological polar surface area (TPSA) is 61.9 Å². The molecule has 6 nitrogen and oxygen atoms in total. The third kappa shape index (κ3) is 4.13. The normalized spacial score (nSPS) is 16.2. The molecule has 10 heteroatoms. The lowest BCUT2D eigenvalue weighted by atomic mass is 10.1. The molecule has 0 saturated heterocycles. The summed E-state index contributed by atoms with van der Waals surface area (Å²) in [5, 5.41) is 4.94. The average Bonchev–Trinajstić information content (AvgIpc) is 3.18. The maximum Gasteiger partial charge on any atom is 0.416 e. The molecule has 1 aromatic heterocycles. The van der Waals surface area contributed by atoms with Crippen molar-refractivity contribution in [2.24, 2.45) is 0 Å². The number of carbonyl (C=O) groups is 2. The molecule has 0 spiro atoms. The number of thiophene rings is 1. The summed E-state index contributed by atoms with van der Waals surface area (Å²) in [5.41, 5.74) is -0.910. The quantitative estimate of drug-likeness (QED) is 0.452. The number of hydrogen-bond donors (Lipinski definition) is 1. The summed E-state index contributed by atoms with van der Waals surface area (Å²) < 4.78 is 44.8. The highest BCUT2D eigenvalue weighted by Gasteiger charge is 2.38. The Hall–Kier alpha value is -2.85. The highest BCUT2D eigenvalue weighted by Crippen LogP contribution is 2.43. The first-order chi connectivity index (χ1) is 13.8. The second-order valence-corrected chi connectivity index (χ2v) is 7.09. The molecule has 1 N–H and O–H groups in total. The number of halogens is 3. The average molecular weight is 425 g/mol. The van der Waals surface area contributed by atoms with Crippen LogP contribution in [0.3, 0.4) is 0 Å². The van der Waals surface area contributed by atoms with E-state index in [9.17, 15) is 22.8 Å². The van der Waals surface area contributed by atoms with Gasteiger partial charge in [0.05, 0.1) is 23.5 Å². The summed E-state index contributed by atoms with van der Waals surface area (Å²) in [5.74, 6) is -1.34. The number of ether oxygens (including phenoxy) is 1. The van der Waals surface area contributed by atoms with Crippen molar-refractivity contribution in [3.8, 4) is 0 Å². The van der Waals surface area contributed by atoms with E-state index < -0.39 is 23.6 Å². The number of benzene rings is 1. The fourth-order valence-electron chi connectivity index (χ4n) is 2.85. The molecule has 0 unspecified atom stereocenters. The largest absolute Gasteiger partial charge is 0.416 e. The molecule has 3 rings (SSSR count). The molecule has 29 heavy (non-hydrogen) atoms. The molecule has 0 saturated carbocycles. The van der Waals surface area contributed by atoms with E-state index >= 15 is 0 Å². The van der Waals surface area contributed by atoms with E-state index in [4.69, 9.17) is 4.74 Å². The number of hydrogen-bond acceptors (Lipinski definition) is 5. The lowest BCUT2D eigenvalue weighted by molar-refractivity contribution is -0.137. The number of rotatable bonds is 5. The Labute approximate surface area is 169 Å². The molecule has 154 valence electrons. The number of likely N-dealkylation sites (N-methyl/N-ethyl adjacent to an activating group) is 1. The zero-order valence-electron chi connectivity index (χ0n) is 15.6. The summed E-state index contributed by atoms with van der Waals surface area (Å²) >= 11 is 1.18. The van der Waals surface area contributed by atoms with Crippen LogP contribution in [0.25, 0.3) is 0 Å². The SMILES string of the molecule is COCCN/C=C1\C(=O)N(C)c2ccc(C(F)(F)F)cc2N(c2cccs2)C1=O. The van der Waals surface area contributed by atoms with Gasteiger partial charge in [0.25, 0.3) is 11.8 Å². The number of nitrogens with one attached hydrogen (secondary N) is 1. The van der Waals surface area contributed by atoms with Gasteiger partial charge in [0.15, 0.2) is 0 Å². The minimum Gasteiger partial charge on any atom is -0.388 e. The first-order valence-electron chi connectivity index (χ1n) is 8.55. The van der Waals surface area contributed by atoms with Crippen LogP contribution in [0.15, 0.2) is 47.5 Å². The van der Waals surface area contributed by atoms with Crippen LogP contribution >= 0.6 is 11.3 Å². The number of fused-ring (bicyclic) bond motifs is 1. The van der Waals surface area contributed by atoms with E-state index in [0.717, 1.165) is 17.0 Å². The number of carbonyl (C=O) groups excluding carboxylic acids is 2. The lowest BCUT2D eigenvalue weighted by Crippen LogP contribution is -2.33. The van der Waals surface area contributed by atoms with Crippen LogP contribution in [0.4, 0.5) is 29.5 Å². The Bertz CT molecular complexity index is 942. The van der Waals surface area contributed by atoms with E-state index in [-0.39, 0.29) is 16.9 Å². The van der Waals surface area contributed by atoms with Gasteiger partial charge in [-0.05, 0) is 35.7 Å². The van der Waals surface area contributed by atoms with Gasteiger partial charge in [0.2, 0.25) is 0 Å². The maximum absolute atomic E-state index is 13.3. The van der Waals surface area contributed by atoms with Gasteiger partial charge < -0.3 is 15.0 Å². The molecule has 1 aliphatic rings. The molecule has 0 atom stereocenters. The van der Waals surface area contributed by atoms with Crippen LogP contribution < -0.4 is 15.1 Å². The monoisotopic (exact) mass is 425 g/mol. The van der Waals surface area contributed by atoms with E-state index in [1.165, 1.54) is 42.7 Å². The molecule has 2 aromatic rings. The Balaban J connectivity index is 2.16. The van der Waals surface area contributed by atoms with Crippen LogP contribution in [0.2, 0.25) is 0 Å². The van der Waals surface area contributed by atoms with E-state index in [1.807, 2.05) is 0 Å². The summed E-state index contributed by atoms with van der Waals surface area (Å²) in [7, 11) is 2.93. The Morgan fingerprint density at radius 2 is 1.93 bits per heavy atom. The highest BCUT2D eigenvalue weighted by atomic mass is 32.1. The number of nitrogens with zero attached hydrogens (tertiary/aromatic N) is 2. The Morgan fingerprint density at radius 3 is 2.55 bits per heavy atom. The van der Waals surface area contributed by atoms with Crippen molar-refractivity contribution in [2.45, 2.75) is 6.18 Å². The van der Waals surface area contributed by atoms with Gasteiger partial charge in [0, 0.05) is 26.9 Å². The number of anilines is 3. The van der Waals surface area contributed by atoms with Crippen molar-refractivity contribution in [2.75, 3.05) is 37.1 Å². The number of alkyl halides is 3. The zero-order chi connectivity index (χ0) is 21.2. The van der Waals surface area contributed by atoms with Gasteiger partial charge in [-0.2, -0.15) is 13.2 Å². The lowest BCUT2D eigenvalue weighted by Gasteiger charge is -2.23. The predicted molar refractivity (Wildman–Crippen MR) is 104 cm³/mol. The van der Waals surface area contributed by atoms with E-state index in [0.29, 0.717) is 18.2 Å². The summed E-state index contributed by atoms with van der Waals surface area (Å²) in [6, 6.07) is 6.27. The van der Waals surface area contributed by atoms with Gasteiger partial charge >= 0.3 is 6.18 Å². The standard InChI is InChI=1S/C19H18F3N3O3S/c1-24-14-6-5-12(19(20,21)22)10-15(14)25(16-4-3-9-29-16)18(27)13(17(24)26)11-23-7-8-28-2/h3-6,9-11,23H,7-8H2,1-2H3/b13-11+. The van der Waals surface area contributed by atoms with Crippen molar-refractivity contribution in [1.82, 2.24) is 5.32 Å². The minimum atomic E-state index is -4.59. The van der Waals surface area contributed by atoms with Gasteiger partial charge in [-0.15, -0.1) is 11.3 Å². The van der Waals surface area contributed by atoms with Crippen LogP contribution in [0.1, 0.15) is 5.56 Å². The fraction of sp³-hybridized carbons (Fsp3) is 0.263.